The molecular weight excluding hydrogens is 185 g/mol. The molecule has 1 heteroatoms. The first-order valence-electron chi connectivity index (χ1n) is 3.28. The molecule has 0 N–H and O–H groups in total. The van der Waals surface area contributed by atoms with E-state index >= 15 is 0 Å². The van der Waals surface area contributed by atoms with Crippen LogP contribution >= 0.6 is 0 Å². The summed E-state index contributed by atoms with van der Waals surface area (Å²) in [5, 5.41) is 0. The Balaban J connectivity index is 0. The van der Waals surface area contributed by atoms with E-state index in [2.05, 4.69) is 26.8 Å². The third kappa shape index (κ3) is 6.73. The molecule has 0 unspecified atom stereocenters. The summed E-state index contributed by atoms with van der Waals surface area (Å²) in [6.07, 6.45) is 5.61. The number of allylic oxidation sites excluding steroid dienone is 2. The van der Waals surface area contributed by atoms with Gasteiger partial charge in [0.25, 0.3) is 0 Å². The fourth-order valence-electron chi connectivity index (χ4n) is 0.735. The Morgan fingerprint density at radius 1 is 1.56 bits per heavy atom. The molecular formula is C8H15Y-. The van der Waals surface area contributed by atoms with Gasteiger partial charge in [-0.1, -0.05) is 19.4 Å². The van der Waals surface area contributed by atoms with Crippen molar-refractivity contribution in [3.63, 3.8) is 0 Å². The van der Waals surface area contributed by atoms with E-state index in [1.807, 2.05) is 0 Å². The summed E-state index contributed by atoms with van der Waals surface area (Å²) in [6, 6.07) is 0. The van der Waals surface area contributed by atoms with Gasteiger partial charge in [0.15, 0.2) is 0 Å². The van der Waals surface area contributed by atoms with E-state index in [0.29, 0.717) is 0 Å². The van der Waals surface area contributed by atoms with Gasteiger partial charge in [-0.05, 0) is 13.3 Å². The molecule has 1 radical (unpaired) electrons. The van der Waals surface area contributed by atoms with Gasteiger partial charge in [-0.2, -0.15) is 6.42 Å². The Morgan fingerprint density at radius 2 is 2.11 bits per heavy atom. The summed E-state index contributed by atoms with van der Waals surface area (Å²) >= 11 is 0. The van der Waals surface area contributed by atoms with Gasteiger partial charge < -0.3 is 6.92 Å². The Morgan fingerprint density at radius 3 is 2.22 bits per heavy atom. The van der Waals surface area contributed by atoms with E-state index in [0.717, 1.165) is 6.42 Å². The largest absolute Gasteiger partial charge is 0.339 e. The van der Waals surface area contributed by atoms with Crippen molar-refractivity contribution in [3.05, 3.63) is 18.6 Å². The van der Waals surface area contributed by atoms with Crippen molar-refractivity contribution in [1.82, 2.24) is 0 Å². The Kier molecular flexibility index (Phi) is 12.3. The van der Waals surface area contributed by atoms with Crippen LogP contribution in [0.3, 0.4) is 0 Å². The van der Waals surface area contributed by atoms with Crippen LogP contribution in [-0.2, 0) is 32.7 Å². The van der Waals surface area contributed by atoms with E-state index in [4.69, 9.17) is 0 Å². The maximum atomic E-state index is 3.81. The van der Waals surface area contributed by atoms with Crippen molar-refractivity contribution in [2.75, 3.05) is 0 Å². The molecule has 0 nitrogen and oxygen atoms in total. The SMILES string of the molecule is [CH2-]CC(=CC)CCC.[Y]. The van der Waals surface area contributed by atoms with E-state index in [1.165, 1.54) is 18.4 Å². The molecule has 0 fully saturated rings. The Bertz CT molecular complexity index is 74.6. The van der Waals surface area contributed by atoms with Gasteiger partial charge in [-0.15, -0.1) is 5.57 Å². The predicted molar refractivity (Wildman–Crippen MR) is 38.6 cm³/mol. The van der Waals surface area contributed by atoms with Crippen LogP contribution in [-0.4, -0.2) is 0 Å². The van der Waals surface area contributed by atoms with Gasteiger partial charge in [0.2, 0.25) is 0 Å². The fraction of sp³-hybridized carbons (Fsp3) is 0.625. The fourth-order valence-corrected chi connectivity index (χ4v) is 0.735. The van der Waals surface area contributed by atoms with Crippen molar-refractivity contribution in [3.8, 4) is 0 Å². The van der Waals surface area contributed by atoms with Crippen LogP contribution in [0.15, 0.2) is 11.6 Å². The van der Waals surface area contributed by atoms with Crippen LogP contribution in [0.25, 0.3) is 0 Å². The van der Waals surface area contributed by atoms with Crippen LogP contribution < -0.4 is 0 Å². The quantitative estimate of drug-likeness (QED) is 0.485. The summed E-state index contributed by atoms with van der Waals surface area (Å²) in [7, 11) is 0. The molecule has 0 aromatic carbocycles. The number of rotatable bonds is 3. The smallest absolute Gasteiger partial charge is 0 e. The van der Waals surface area contributed by atoms with Crippen molar-refractivity contribution in [2.24, 2.45) is 0 Å². The van der Waals surface area contributed by atoms with E-state index in [1.54, 1.807) is 0 Å². The molecule has 0 aliphatic rings. The maximum absolute atomic E-state index is 3.81. The molecule has 0 saturated heterocycles. The maximum Gasteiger partial charge on any atom is 0 e. The van der Waals surface area contributed by atoms with Gasteiger partial charge in [0.1, 0.15) is 0 Å². The third-order valence-electron chi connectivity index (χ3n) is 1.30. The summed E-state index contributed by atoms with van der Waals surface area (Å²) in [4.78, 5) is 0. The summed E-state index contributed by atoms with van der Waals surface area (Å²) in [6.45, 7) is 8.08. The minimum absolute atomic E-state index is 0. The van der Waals surface area contributed by atoms with Crippen LogP contribution in [0.1, 0.15) is 33.1 Å². The first-order valence-corrected chi connectivity index (χ1v) is 3.28. The molecule has 0 amide bonds. The molecule has 0 aromatic rings. The van der Waals surface area contributed by atoms with Gasteiger partial charge in [0.05, 0.1) is 0 Å². The standard InChI is InChI=1S/C8H15.Y/c1-4-7-8(5-2)6-3;/h6H,2,4-5,7H2,1,3H3;/q-1;. The van der Waals surface area contributed by atoms with E-state index in [9.17, 15) is 0 Å². The van der Waals surface area contributed by atoms with E-state index < -0.39 is 0 Å². The zero-order valence-corrected chi connectivity index (χ0v) is 9.32. The average molecular weight is 200 g/mol. The summed E-state index contributed by atoms with van der Waals surface area (Å²) in [5.74, 6) is 0. The normalized spacial score (nSPS) is 10.8. The average Bonchev–Trinajstić information content (AvgIpc) is 1.83. The monoisotopic (exact) mass is 200 g/mol. The van der Waals surface area contributed by atoms with Crippen LogP contribution in [0.2, 0.25) is 0 Å². The van der Waals surface area contributed by atoms with Crippen LogP contribution in [0.5, 0.6) is 0 Å². The molecule has 0 aliphatic carbocycles. The van der Waals surface area contributed by atoms with Gasteiger partial charge in [-0.25, -0.2) is 0 Å². The molecule has 0 rings (SSSR count). The second kappa shape index (κ2) is 8.84. The van der Waals surface area contributed by atoms with Crippen molar-refractivity contribution in [1.29, 1.82) is 0 Å². The molecule has 0 aliphatic heterocycles. The summed E-state index contributed by atoms with van der Waals surface area (Å²) in [5.41, 5.74) is 1.48. The first-order chi connectivity index (χ1) is 3.85. The summed E-state index contributed by atoms with van der Waals surface area (Å²) < 4.78 is 0. The molecule has 0 atom stereocenters. The number of hydrogen-bond acceptors (Lipinski definition) is 0. The molecule has 0 aromatic heterocycles. The zero-order valence-electron chi connectivity index (χ0n) is 6.48. The first kappa shape index (κ1) is 12.5. The van der Waals surface area contributed by atoms with Crippen LogP contribution in [0.4, 0.5) is 0 Å². The van der Waals surface area contributed by atoms with Gasteiger partial charge in [-0.3, -0.25) is 0 Å². The molecule has 51 valence electrons. The topological polar surface area (TPSA) is 0 Å². The molecule has 0 bridgehead atoms. The third-order valence-corrected chi connectivity index (χ3v) is 1.30. The molecule has 0 spiro atoms. The van der Waals surface area contributed by atoms with Crippen molar-refractivity contribution < 1.29 is 32.7 Å². The van der Waals surface area contributed by atoms with E-state index in [-0.39, 0.29) is 32.7 Å². The zero-order chi connectivity index (χ0) is 6.41. The Hall–Kier alpha value is 0.844. The molecule has 9 heavy (non-hydrogen) atoms. The Labute approximate surface area is 84.0 Å². The predicted octanol–water partition coefficient (Wildman–Crippen LogP) is 2.95. The van der Waals surface area contributed by atoms with Crippen molar-refractivity contribution in [2.45, 2.75) is 33.1 Å². The second-order valence-corrected chi connectivity index (χ2v) is 1.95. The van der Waals surface area contributed by atoms with Crippen LogP contribution in [0, 0.1) is 6.92 Å². The molecule has 0 heterocycles. The second-order valence-electron chi connectivity index (χ2n) is 1.95. The minimum atomic E-state index is 0. The van der Waals surface area contributed by atoms with Gasteiger partial charge in [0, 0.05) is 32.7 Å². The number of hydrogen-bond donors (Lipinski definition) is 0. The van der Waals surface area contributed by atoms with Gasteiger partial charge >= 0.3 is 0 Å². The minimum Gasteiger partial charge on any atom is -0.339 e. The molecule has 0 saturated carbocycles. The van der Waals surface area contributed by atoms with Crippen molar-refractivity contribution >= 4 is 0 Å².